The van der Waals surface area contributed by atoms with E-state index in [1.807, 2.05) is 6.26 Å². The van der Waals surface area contributed by atoms with Gasteiger partial charge in [0.2, 0.25) is 0 Å². The van der Waals surface area contributed by atoms with Crippen LogP contribution in [0.5, 0.6) is 0 Å². The maximum absolute atomic E-state index is 11.0. The fourth-order valence-electron chi connectivity index (χ4n) is 1.07. The minimum atomic E-state index is -0.484. The Morgan fingerprint density at radius 2 is 1.73 bits per heavy atom. The second-order valence-corrected chi connectivity index (χ2v) is 6.86. The minimum Gasteiger partial charge on any atom is -0.393 e. The van der Waals surface area contributed by atoms with Gasteiger partial charge >= 0.3 is 11.9 Å². The van der Waals surface area contributed by atoms with Gasteiger partial charge in [-0.1, -0.05) is 0 Å². The fourth-order valence-corrected chi connectivity index (χ4v) is 1.90. The molecule has 5 heteroatoms. The molecule has 4 nitrogen and oxygen atoms in total. The largest absolute Gasteiger partial charge is 0.393 e. The third kappa shape index (κ3) is 3.83. The summed E-state index contributed by atoms with van der Waals surface area (Å²) in [7, 11) is 0. The number of hydrogen-bond acceptors (Lipinski definition) is 4. The normalized spacial score (nSPS) is 21.3. The van der Waals surface area contributed by atoms with Crippen molar-refractivity contribution in [2.75, 3.05) is 6.26 Å². The molecule has 0 bridgehead atoms. The van der Waals surface area contributed by atoms with Gasteiger partial charge in [0, 0.05) is 0 Å². The molecule has 0 saturated carbocycles. The molecule has 1 saturated heterocycles. The summed E-state index contributed by atoms with van der Waals surface area (Å²) in [5.41, 5.74) is 0. The van der Waals surface area contributed by atoms with E-state index in [1.165, 1.54) is 0 Å². The Balaban J connectivity index is 2.51. The summed E-state index contributed by atoms with van der Waals surface area (Å²) in [6.07, 6.45) is 2.02. The Bertz CT molecular complexity index is 253. The van der Waals surface area contributed by atoms with Crippen LogP contribution in [0.25, 0.3) is 0 Å². The van der Waals surface area contributed by atoms with Gasteiger partial charge in [-0.05, 0) is 20.8 Å². The lowest BCUT2D eigenvalue weighted by Gasteiger charge is -2.22. The Labute approximate surface area is 92.9 Å². The number of esters is 2. The van der Waals surface area contributed by atoms with Crippen LogP contribution in [0, 0.1) is 0 Å². The van der Waals surface area contributed by atoms with Crippen LogP contribution in [-0.4, -0.2) is 29.0 Å². The third-order valence-electron chi connectivity index (χ3n) is 2.16. The molecule has 1 unspecified atom stereocenters. The summed E-state index contributed by atoms with van der Waals surface area (Å²) in [5, 5.41) is 0. The van der Waals surface area contributed by atoms with Gasteiger partial charge in [-0.25, -0.2) is 0 Å². The molecule has 1 rings (SSSR count). The third-order valence-corrected chi connectivity index (χ3v) is 4.44. The lowest BCUT2D eigenvalue weighted by molar-refractivity contribution is -0.166. The molecule has 15 heavy (non-hydrogen) atoms. The van der Waals surface area contributed by atoms with Crippen molar-refractivity contribution in [3.05, 3.63) is 0 Å². The van der Waals surface area contributed by atoms with Crippen LogP contribution in [-0.2, 0) is 29.7 Å². The summed E-state index contributed by atoms with van der Waals surface area (Å²) in [6.45, 7) is 6.21. The van der Waals surface area contributed by atoms with Crippen LogP contribution in [0.4, 0.5) is 0 Å². The first-order chi connectivity index (χ1) is 6.79. The molecule has 1 aliphatic heterocycles. The number of carbonyl (C=O) groups excluding carboxylic acids is 2. The molecule has 0 radical (unpaired) electrons. The summed E-state index contributed by atoms with van der Waals surface area (Å²) in [6, 6.07) is 0. The summed E-state index contributed by atoms with van der Waals surface area (Å²) >= 11 is -0.275. The van der Waals surface area contributed by atoms with Crippen LogP contribution < -0.4 is 0 Å². The van der Waals surface area contributed by atoms with Crippen molar-refractivity contribution in [3.63, 3.8) is 0 Å². The van der Waals surface area contributed by atoms with Crippen LogP contribution in [0.2, 0.25) is 0 Å². The SMILES string of the molecule is C[S+](OC1CC(=O)OC(=O)C1)C(C)(C)C. The quantitative estimate of drug-likeness (QED) is 0.408. The molecular formula is C10H17O4S+. The van der Waals surface area contributed by atoms with E-state index in [1.54, 1.807) is 0 Å². The van der Waals surface area contributed by atoms with Crippen LogP contribution >= 0.6 is 0 Å². The first-order valence-corrected chi connectivity index (χ1v) is 6.41. The maximum Gasteiger partial charge on any atom is 0.316 e. The zero-order chi connectivity index (χ0) is 11.6. The monoisotopic (exact) mass is 233 g/mol. The number of rotatable bonds is 2. The van der Waals surface area contributed by atoms with Crippen molar-refractivity contribution in [3.8, 4) is 0 Å². The molecule has 0 N–H and O–H groups in total. The van der Waals surface area contributed by atoms with E-state index in [4.69, 9.17) is 4.18 Å². The lowest BCUT2D eigenvalue weighted by atomic mass is 10.1. The van der Waals surface area contributed by atoms with E-state index in [-0.39, 0.29) is 34.9 Å². The van der Waals surface area contributed by atoms with Crippen LogP contribution in [0.15, 0.2) is 0 Å². The second-order valence-electron chi connectivity index (χ2n) is 4.54. The van der Waals surface area contributed by atoms with Crippen LogP contribution in [0.1, 0.15) is 33.6 Å². The molecule has 86 valence electrons. The molecule has 0 aromatic heterocycles. The van der Waals surface area contributed by atoms with E-state index < -0.39 is 11.9 Å². The molecule has 0 aromatic carbocycles. The van der Waals surface area contributed by atoms with Gasteiger partial charge in [-0.3, -0.25) is 9.59 Å². The molecule has 0 aliphatic carbocycles. The van der Waals surface area contributed by atoms with Gasteiger partial charge in [0.15, 0.2) is 4.75 Å². The summed E-state index contributed by atoms with van der Waals surface area (Å²) in [4.78, 5) is 22.0. The Morgan fingerprint density at radius 1 is 1.27 bits per heavy atom. The lowest BCUT2D eigenvalue weighted by Crippen LogP contribution is -2.37. The van der Waals surface area contributed by atoms with E-state index in [0.717, 1.165) is 0 Å². The van der Waals surface area contributed by atoms with Crippen LogP contribution in [0.3, 0.4) is 0 Å². The highest BCUT2D eigenvalue weighted by Crippen LogP contribution is 2.23. The number of ether oxygens (including phenoxy) is 1. The van der Waals surface area contributed by atoms with Gasteiger partial charge in [-0.2, -0.15) is 4.18 Å². The van der Waals surface area contributed by atoms with Crippen molar-refractivity contribution >= 4 is 23.1 Å². The molecular weight excluding hydrogens is 216 g/mol. The standard InChI is InChI=1S/C10H17O4S/c1-10(2,3)15(4)14-7-5-8(11)13-9(12)6-7/h7H,5-6H2,1-4H3/q+1. The van der Waals surface area contributed by atoms with Gasteiger partial charge in [0.25, 0.3) is 0 Å². The van der Waals surface area contributed by atoms with Gasteiger partial charge in [0.05, 0.1) is 12.8 Å². The smallest absolute Gasteiger partial charge is 0.316 e. The maximum atomic E-state index is 11.0. The first kappa shape index (κ1) is 12.5. The predicted molar refractivity (Wildman–Crippen MR) is 58.2 cm³/mol. The van der Waals surface area contributed by atoms with Gasteiger partial charge in [0.1, 0.15) is 23.5 Å². The topological polar surface area (TPSA) is 52.6 Å². The number of hydrogen-bond donors (Lipinski definition) is 0. The molecule has 0 amide bonds. The molecule has 1 aliphatic rings. The Morgan fingerprint density at radius 3 is 2.13 bits per heavy atom. The highest BCUT2D eigenvalue weighted by atomic mass is 32.2. The van der Waals surface area contributed by atoms with Crippen molar-refractivity contribution in [1.82, 2.24) is 0 Å². The number of carbonyl (C=O) groups is 2. The summed E-state index contributed by atoms with van der Waals surface area (Å²) in [5.74, 6) is -0.968. The van der Waals surface area contributed by atoms with Crippen molar-refractivity contribution < 1.29 is 18.5 Å². The Hall–Kier alpha value is -0.550. The highest BCUT2D eigenvalue weighted by molar-refractivity contribution is 7.93. The van der Waals surface area contributed by atoms with E-state index in [0.29, 0.717) is 0 Å². The first-order valence-electron chi connectivity index (χ1n) is 4.85. The average molecular weight is 233 g/mol. The number of cyclic esters (lactones) is 2. The van der Waals surface area contributed by atoms with Crippen molar-refractivity contribution in [1.29, 1.82) is 0 Å². The predicted octanol–water partition coefficient (Wildman–Crippen LogP) is 1.20. The fraction of sp³-hybridized carbons (Fsp3) is 0.800. The molecule has 0 spiro atoms. The molecule has 1 heterocycles. The molecule has 0 aromatic rings. The zero-order valence-corrected chi connectivity index (χ0v) is 10.3. The highest BCUT2D eigenvalue weighted by Gasteiger charge is 2.38. The Kier molecular flexibility index (Phi) is 3.78. The van der Waals surface area contributed by atoms with Gasteiger partial charge < -0.3 is 4.74 Å². The zero-order valence-electron chi connectivity index (χ0n) is 9.53. The van der Waals surface area contributed by atoms with Crippen molar-refractivity contribution in [2.45, 2.75) is 44.5 Å². The van der Waals surface area contributed by atoms with Gasteiger partial charge in [-0.15, -0.1) is 0 Å². The van der Waals surface area contributed by atoms with E-state index in [2.05, 4.69) is 25.5 Å². The molecule has 1 fully saturated rings. The average Bonchev–Trinajstić information content (AvgIpc) is 1.99. The molecule has 1 atom stereocenters. The second kappa shape index (κ2) is 4.53. The van der Waals surface area contributed by atoms with Crippen molar-refractivity contribution in [2.24, 2.45) is 0 Å². The van der Waals surface area contributed by atoms with E-state index in [9.17, 15) is 9.59 Å². The summed E-state index contributed by atoms with van der Waals surface area (Å²) < 4.78 is 10.2. The van der Waals surface area contributed by atoms with E-state index >= 15 is 0 Å². The minimum absolute atomic E-state index is 0.0321.